The number of rotatable bonds is 6. The lowest BCUT2D eigenvalue weighted by atomic mass is 9.81. The molecule has 0 saturated carbocycles. The van der Waals surface area contributed by atoms with Crippen LogP contribution in [0.1, 0.15) is 62.8 Å². The van der Waals surface area contributed by atoms with Crippen LogP contribution >= 0.6 is 0 Å². The molecule has 0 spiro atoms. The highest BCUT2D eigenvalue weighted by Crippen LogP contribution is 2.54. The number of allylic oxidation sites excluding steroid dienone is 3. The van der Waals surface area contributed by atoms with E-state index in [2.05, 4.69) is 219 Å². The average Bonchev–Trinajstić information content (AvgIpc) is 3.82. The lowest BCUT2D eigenvalue weighted by molar-refractivity contribution is 0.660. The number of aromatic nitrogens is 1. The fourth-order valence-electron chi connectivity index (χ4n) is 10.3. The van der Waals surface area contributed by atoms with E-state index in [1.165, 1.54) is 101 Å². The normalized spacial score (nSPS) is 15.4. The van der Waals surface area contributed by atoms with Crippen LogP contribution in [0.25, 0.3) is 61.2 Å². The number of fused-ring (bicyclic) bond motifs is 8. The van der Waals surface area contributed by atoms with Gasteiger partial charge in [0.2, 0.25) is 0 Å². The average molecular weight is 747 g/mol. The molecule has 0 aliphatic heterocycles. The van der Waals surface area contributed by atoms with E-state index in [-0.39, 0.29) is 10.8 Å². The summed E-state index contributed by atoms with van der Waals surface area (Å²) in [5.41, 5.74) is 21.6. The molecule has 1 heterocycles. The van der Waals surface area contributed by atoms with Gasteiger partial charge in [0, 0.05) is 44.5 Å². The minimum atomic E-state index is -0.143. The van der Waals surface area contributed by atoms with E-state index in [0.29, 0.717) is 0 Å². The Labute approximate surface area is 342 Å². The minimum Gasteiger partial charge on any atom is -0.311 e. The molecule has 7 aromatic carbocycles. The lowest BCUT2D eigenvalue weighted by Gasteiger charge is -2.29. The second-order valence-electron chi connectivity index (χ2n) is 17.3. The van der Waals surface area contributed by atoms with Gasteiger partial charge in [0.15, 0.2) is 0 Å². The standard InChI is InChI=1S/C56H46N2/c1-55(2)49-21-13-11-19-45(49)46-33-32-44(36-51(46)55)57(41-17-9-6-10-18-41)42-28-25-39(26-29-42)40-27-34-52-48(35-40)53-54(47-20-12-14-22-50(47)56(53,3)4)58(52)43-30-23-38(24-31-43)37-15-7-5-8-16-37/h5,7-9,11-36H,6,10H2,1-4H3. The number of nitrogens with zero attached hydrogens (tertiary/aromatic N) is 2. The summed E-state index contributed by atoms with van der Waals surface area (Å²) in [4.78, 5) is 2.44. The zero-order valence-electron chi connectivity index (χ0n) is 33.6. The number of hydrogen-bond acceptors (Lipinski definition) is 1. The highest BCUT2D eigenvalue weighted by molar-refractivity contribution is 6.01. The Kier molecular flexibility index (Phi) is 7.72. The third-order valence-electron chi connectivity index (χ3n) is 13.2. The van der Waals surface area contributed by atoms with Crippen molar-refractivity contribution in [3.8, 4) is 50.3 Å². The lowest BCUT2D eigenvalue weighted by Crippen LogP contribution is -2.19. The smallest absolute Gasteiger partial charge is 0.0584 e. The largest absolute Gasteiger partial charge is 0.311 e. The van der Waals surface area contributed by atoms with E-state index in [0.717, 1.165) is 12.8 Å². The highest BCUT2D eigenvalue weighted by atomic mass is 15.1. The van der Waals surface area contributed by atoms with Gasteiger partial charge in [-0.1, -0.05) is 155 Å². The maximum atomic E-state index is 2.50. The zero-order valence-corrected chi connectivity index (χ0v) is 33.6. The monoisotopic (exact) mass is 746 g/mol. The van der Waals surface area contributed by atoms with Gasteiger partial charge < -0.3 is 9.47 Å². The molecule has 0 unspecified atom stereocenters. The third-order valence-corrected chi connectivity index (χ3v) is 13.2. The molecule has 0 saturated heterocycles. The van der Waals surface area contributed by atoms with Gasteiger partial charge in [-0.15, -0.1) is 0 Å². The van der Waals surface area contributed by atoms with Crippen LogP contribution in [-0.2, 0) is 10.8 Å². The maximum absolute atomic E-state index is 2.50. The van der Waals surface area contributed by atoms with Crippen LogP contribution in [0, 0.1) is 0 Å². The first-order valence-electron chi connectivity index (χ1n) is 20.8. The summed E-state index contributed by atoms with van der Waals surface area (Å²) in [5.74, 6) is 0. The Bertz CT molecular complexity index is 2970. The molecule has 2 nitrogen and oxygen atoms in total. The van der Waals surface area contributed by atoms with Gasteiger partial charge in [0.1, 0.15) is 0 Å². The third kappa shape index (κ3) is 5.17. The van der Waals surface area contributed by atoms with Crippen LogP contribution in [0.5, 0.6) is 0 Å². The Morgan fingerprint density at radius 2 is 1.09 bits per heavy atom. The summed E-state index contributed by atoms with van der Waals surface area (Å²) in [6, 6.07) is 61.0. The van der Waals surface area contributed by atoms with Gasteiger partial charge in [0.05, 0.1) is 11.2 Å². The van der Waals surface area contributed by atoms with Crippen molar-refractivity contribution in [3.63, 3.8) is 0 Å². The van der Waals surface area contributed by atoms with Crippen LogP contribution in [0.3, 0.4) is 0 Å². The summed E-state index contributed by atoms with van der Waals surface area (Å²) in [5, 5.41) is 1.31. The van der Waals surface area contributed by atoms with Crippen molar-refractivity contribution in [2.75, 3.05) is 4.90 Å². The summed E-state index contributed by atoms with van der Waals surface area (Å²) < 4.78 is 2.50. The number of hydrogen-bond donors (Lipinski definition) is 0. The van der Waals surface area contributed by atoms with Crippen LogP contribution < -0.4 is 4.90 Å². The summed E-state index contributed by atoms with van der Waals surface area (Å²) in [7, 11) is 0. The van der Waals surface area contributed by atoms with Gasteiger partial charge in [-0.3, -0.25) is 0 Å². The zero-order chi connectivity index (χ0) is 39.2. The van der Waals surface area contributed by atoms with E-state index >= 15 is 0 Å². The molecule has 3 aliphatic carbocycles. The molecule has 0 bridgehead atoms. The Morgan fingerprint density at radius 3 is 1.83 bits per heavy atom. The molecular formula is C56H46N2. The first kappa shape index (κ1) is 34.6. The summed E-state index contributed by atoms with van der Waals surface area (Å²) in [6.45, 7) is 9.51. The molecule has 58 heavy (non-hydrogen) atoms. The van der Waals surface area contributed by atoms with Crippen molar-refractivity contribution in [1.82, 2.24) is 4.57 Å². The van der Waals surface area contributed by atoms with E-state index in [1.54, 1.807) is 0 Å². The predicted octanol–water partition coefficient (Wildman–Crippen LogP) is 14.9. The fraction of sp³-hybridized carbons (Fsp3) is 0.143. The van der Waals surface area contributed by atoms with Gasteiger partial charge in [-0.25, -0.2) is 0 Å². The van der Waals surface area contributed by atoms with Crippen molar-refractivity contribution >= 4 is 22.3 Å². The first-order chi connectivity index (χ1) is 28.3. The molecule has 3 aliphatic rings. The van der Waals surface area contributed by atoms with Crippen LogP contribution in [0.2, 0.25) is 0 Å². The van der Waals surface area contributed by atoms with Crippen molar-refractivity contribution in [3.05, 3.63) is 210 Å². The van der Waals surface area contributed by atoms with Crippen molar-refractivity contribution in [2.45, 2.75) is 51.4 Å². The van der Waals surface area contributed by atoms with E-state index < -0.39 is 0 Å². The molecule has 2 heteroatoms. The van der Waals surface area contributed by atoms with E-state index in [4.69, 9.17) is 0 Å². The minimum absolute atomic E-state index is 0.0619. The molecule has 0 amide bonds. The molecule has 280 valence electrons. The molecule has 1 aromatic heterocycles. The second kappa shape index (κ2) is 12.9. The van der Waals surface area contributed by atoms with Crippen molar-refractivity contribution in [2.24, 2.45) is 0 Å². The Balaban J connectivity index is 1.01. The van der Waals surface area contributed by atoms with Gasteiger partial charge in [0.25, 0.3) is 0 Å². The fourth-order valence-corrected chi connectivity index (χ4v) is 10.3. The molecule has 11 rings (SSSR count). The van der Waals surface area contributed by atoms with Crippen LogP contribution in [0.4, 0.5) is 11.4 Å². The highest BCUT2D eigenvalue weighted by Gasteiger charge is 2.41. The number of benzene rings is 7. The summed E-state index contributed by atoms with van der Waals surface area (Å²) >= 11 is 0. The maximum Gasteiger partial charge on any atom is 0.0584 e. The van der Waals surface area contributed by atoms with Gasteiger partial charge in [-0.2, -0.15) is 0 Å². The van der Waals surface area contributed by atoms with Crippen LogP contribution in [-0.4, -0.2) is 4.57 Å². The SMILES string of the molecule is CC1(C)c2ccccc2-c2ccc(N(C3=CCCC=C3)c3ccc(-c4ccc5c(c4)c4c(n5-c5ccc(-c6ccccc6)cc5)-c5ccccc5C4(C)C)cc3)cc21. The molecule has 0 fully saturated rings. The molecule has 0 atom stereocenters. The topological polar surface area (TPSA) is 8.17 Å². The molecule has 0 radical (unpaired) electrons. The first-order valence-corrected chi connectivity index (χ1v) is 20.8. The van der Waals surface area contributed by atoms with Crippen LogP contribution in [0.15, 0.2) is 188 Å². The Morgan fingerprint density at radius 1 is 0.483 bits per heavy atom. The molecule has 0 N–H and O–H groups in total. The van der Waals surface area contributed by atoms with Crippen molar-refractivity contribution in [1.29, 1.82) is 0 Å². The predicted molar refractivity (Wildman–Crippen MR) is 244 cm³/mol. The molecule has 8 aromatic rings. The number of anilines is 2. The second-order valence-corrected chi connectivity index (χ2v) is 17.3. The summed E-state index contributed by atoms with van der Waals surface area (Å²) in [6.07, 6.45) is 9.11. The molecular weight excluding hydrogens is 701 g/mol. The van der Waals surface area contributed by atoms with Gasteiger partial charge >= 0.3 is 0 Å². The van der Waals surface area contributed by atoms with Crippen molar-refractivity contribution < 1.29 is 0 Å². The Hall–Kier alpha value is -6.64. The van der Waals surface area contributed by atoms with Gasteiger partial charge in [-0.05, 0) is 123 Å². The van der Waals surface area contributed by atoms with E-state index in [9.17, 15) is 0 Å². The quantitative estimate of drug-likeness (QED) is 0.164. The van der Waals surface area contributed by atoms with E-state index in [1.807, 2.05) is 0 Å².